The maximum absolute atomic E-state index is 6.25. The number of nitrogens with zero attached hydrogens (tertiary/aromatic N) is 1. The van der Waals surface area contributed by atoms with Crippen molar-refractivity contribution in [3.8, 4) is 5.75 Å². The molecule has 0 atom stereocenters. The van der Waals surface area contributed by atoms with Crippen molar-refractivity contribution in [2.75, 3.05) is 19.5 Å². The first-order valence-electron chi connectivity index (χ1n) is 7.99. The second kappa shape index (κ2) is 6.53. The van der Waals surface area contributed by atoms with Crippen LogP contribution < -0.4 is 10.5 Å². The average molecular weight is 300 g/mol. The monoisotopic (exact) mass is 300 g/mol. The molecule has 1 fully saturated rings. The van der Waals surface area contributed by atoms with E-state index in [4.69, 9.17) is 15.2 Å². The molecule has 0 radical (unpaired) electrons. The van der Waals surface area contributed by atoms with Crippen LogP contribution in [0.25, 0.3) is 10.9 Å². The van der Waals surface area contributed by atoms with E-state index in [9.17, 15) is 0 Å². The van der Waals surface area contributed by atoms with Gasteiger partial charge in [0.05, 0.1) is 17.0 Å². The van der Waals surface area contributed by atoms with Crippen molar-refractivity contribution in [1.29, 1.82) is 0 Å². The Morgan fingerprint density at radius 1 is 1.23 bits per heavy atom. The third kappa shape index (κ3) is 3.17. The lowest BCUT2D eigenvalue weighted by Gasteiger charge is -2.29. The average Bonchev–Trinajstić information content (AvgIpc) is 2.49. The van der Waals surface area contributed by atoms with Crippen molar-refractivity contribution in [3.63, 3.8) is 0 Å². The van der Waals surface area contributed by atoms with Crippen molar-refractivity contribution in [2.45, 2.75) is 38.7 Å². The molecule has 0 saturated heterocycles. The van der Waals surface area contributed by atoms with Crippen LogP contribution in [0.15, 0.2) is 24.3 Å². The van der Waals surface area contributed by atoms with Crippen LogP contribution in [0, 0.1) is 12.8 Å². The Kier molecular flexibility index (Phi) is 4.48. The molecule has 1 aromatic carbocycles. The summed E-state index contributed by atoms with van der Waals surface area (Å²) in [5.74, 6) is 1.53. The number of aryl methyl sites for hydroxylation is 1. The van der Waals surface area contributed by atoms with Crippen LogP contribution in [0.4, 0.5) is 5.69 Å². The SMILES string of the molecule is COCC1CCC(Oc2cccc3nc(C)cc(N)c23)CC1. The molecule has 4 heteroatoms. The van der Waals surface area contributed by atoms with E-state index in [-0.39, 0.29) is 6.10 Å². The Morgan fingerprint density at radius 3 is 2.73 bits per heavy atom. The molecule has 1 aliphatic carbocycles. The maximum Gasteiger partial charge on any atom is 0.131 e. The number of hydrogen-bond acceptors (Lipinski definition) is 4. The Labute approximate surface area is 131 Å². The number of rotatable bonds is 4. The van der Waals surface area contributed by atoms with Gasteiger partial charge in [0.15, 0.2) is 0 Å². The number of nitrogens with two attached hydrogens (primary N) is 1. The second-order valence-corrected chi connectivity index (χ2v) is 6.22. The molecule has 4 nitrogen and oxygen atoms in total. The first-order chi connectivity index (χ1) is 10.7. The highest BCUT2D eigenvalue weighted by Gasteiger charge is 2.23. The minimum atomic E-state index is 0.263. The zero-order chi connectivity index (χ0) is 15.5. The highest BCUT2D eigenvalue weighted by atomic mass is 16.5. The summed E-state index contributed by atoms with van der Waals surface area (Å²) in [6.45, 7) is 2.82. The van der Waals surface area contributed by atoms with Gasteiger partial charge in [0.1, 0.15) is 5.75 Å². The van der Waals surface area contributed by atoms with E-state index in [2.05, 4.69) is 4.98 Å². The van der Waals surface area contributed by atoms with E-state index < -0.39 is 0 Å². The van der Waals surface area contributed by atoms with Crippen molar-refractivity contribution < 1.29 is 9.47 Å². The quantitative estimate of drug-likeness (QED) is 0.935. The van der Waals surface area contributed by atoms with Crippen LogP contribution in [0.5, 0.6) is 5.75 Å². The number of pyridine rings is 1. The van der Waals surface area contributed by atoms with Gasteiger partial charge in [-0.2, -0.15) is 0 Å². The Hall–Kier alpha value is -1.81. The standard InChI is InChI=1S/C18H24N2O2/c1-12-10-15(19)18-16(20-12)4-3-5-17(18)22-14-8-6-13(7-9-14)11-21-2/h3-5,10,13-14H,6-9,11H2,1-2H3,(H2,19,20). The van der Waals surface area contributed by atoms with Gasteiger partial charge in [-0.15, -0.1) is 0 Å². The zero-order valence-electron chi connectivity index (χ0n) is 13.3. The highest BCUT2D eigenvalue weighted by molar-refractivity contribution is 5.95. The summed E-state index contributed by atoms with van der Waals surface area (Å²) >= 11 is 0. The lowest BCUT2D eigenvalue weighted by Crippen LogP contribution is -2.26. The highest BCUT2D eigenvalue weighted by Crippen LogP contribution is 2.34. The molecule has 1 aromatic heterocycles. The van der Waals surface area contributed by atoms with Crippen LogP contribution >= 0.6 is 0 Å². The summed E-state index contributed by atoms with van der Waals surface area (Å²) in [5, 5.41) is 0.937. The third-order valence-corrected chi connectivity index (χ3v) is 4.44. The number of methoxy groups -OCH3 is 1. The number of hydrogen-bond donors (Lipinski definition) is 1. The Bertz CT molecular complexity index is 649. The van der Waals surface area contributed by atoms with Crippen LogP contribution in [-0.2, 0) is 4.74 Å². The lowest BCUT2D eigenvalue weighted by molar-refractivity contribution is 0.0848. The fourth-order valence-corrected chi connectivity index (χ4v) is 3.35. The normalized spacial score (nSPS) is 21.9. The van der Waals surface area contributed by atoms with Gasteiger partial charge in [-0.1, -0.05) is 6.07 Å². The van der Waals surface area contributed by atoms with Gasteiger partial charge in [-0.05, 0) is 56.7 Å². The molecule has 22 heavy (non-hydrogen) atoms. The predicted molar refractivity (Wildman–Crippen MR) is 89.1 cm³/mol. The fraction of sp³-hybridized carbons (Fsp3) is 0.500. The molecule has 1 aliphatic rings. The molecule has 2 aromatic rings. The summed E-state index contributed by atoms with van der Waals surface area (Å²) < 4.78 is 11.5. The molecule has 0 amide bonds. The van der Waals surface area contributed by atoms with Crippen LogP contribution in [0.1, 0.15) is 31.4 Å². The van der Waals surface area contributed by atoms with E-state index in [1.807, 2.05) is 31.2 Å². The molecule has 1 heterocycles. The van der Waals surface area contributed by atoms with Gasteiger partial charge >= 0.3 is 0 Å². The first-order valence-corrected chi connectivity index (χ1v) is 7.99. The van der Waals surface area contributed by atoms with Crippen molar-refractivity contribution in [1.82, 2.24) is 4.98 Å². The molecule has 1 saturated carbocycles. The number of fused-ring (bicyclic) bond motifs is 1. The minimum Gasteiger partial charge on any atom is -0.490 e. The van der Waals surface area contributed by atoms with E-state index in [0.29, 0.717) is 5.92 Å². The van der Waals surface area contributed by atoms with Crippen LogP contribution in [0.3, 0.4) is 0 Å². The summed E-state index contributed by atoms with van der Waals surface area (Å²) in [7, 11) is 1.77. The van der Waals surface area contributed by atoms with E-state index in [1.54, 1.807) is 7.11 Å². The maximum atomic E-state index is 6.25. The van der Waals surface area contributed by atoms with Gasteiger partial charge in [-0.25, -0.2) is 0 Å². The molecular formula is C18H24N2O2. The van der Waals surface area contributed by atoms with E-state index >= 15 is 0 Å². The summed E-state index contributed by atoms with van der Waals surface area (Å²) in [6.07, 6.45) is 4.74. The lowest BCUT2D eigenvalue weighted by atomic mass is 9.88. The first kappa shape index (κ1) is 15.1. The van der Waals surface area contributed by atoms with Gasteiger partial charge in [0, 0.05) is 25.1 Å². The summed E-state index contributed by atoms with van der Waals surface area (Å²) in [5.41, 5.74) is 8.77. The van der Waals surface area contributed by atoms with Gasteiger partial charge in [-0.3, -0.25) is 4.98 Å². The number of ether oxygens (including phenoxy) is 2. The molecule has 0 unspecified atom stereocenters. The topological polar surface area (TPSA) is 57.4 Å². The number of aromatic nitrogens is 1. The van der Waals surface area contributed by atoms with Gasteiger partial charge in [0.25, 0.3) is 0 Å². The van der Waals surface area contributed by atoms with Gasteiger partial charge in [0.2, 0.25) is 0 Å². The van der Waals surface area contributed by atoms with E-state index in [0.717, 1.165) is 60.3 Å². The molecule has 0 spiro atoms. The molecule has 3 rings (SSSR count). The molecule has 0 bridgehead atoms. The van der Waals surface area contributed by atoms with Crippen LogP contribution in [-0.4, -0.2) is 24.8 Å². The molecule has 2 N–H and O–H groups in total. The molecular weight excluding hydrogens is 276 g/mol. The predicted octanol–water partition coefficient (Wildman–Crippen LogP) is 3.71. The fourth-order valence-electron chi connectivity index (χ4n) is 3.35. The Balaban J connectivity index is 1.77. The molecule has 0 aliphatic heterocycles. The summed E-state index contributed by atoms with van der Waals surface area (Å²) in [6, 6.07) is 7.88. The van der Waals surface area contributed by atoms with Gasteiger partial charge < -0.3 is 15.2 Å². The van der Waals surface area contributed by atoms with Crippen molar-refractivity contribution in [2.24, 2.45) is 5.92 Å². The minimum absolute atomic E-state index is 0.263. The second-order valence-electron chi connectivity index (χ2n) is 6.22. The van der Waals surface area contributed by atoms with Crippen molar-refractivity contribution >= 4 is 16.6 Å². The Morgan fingerprint density at radius 2 is 2.00 bits per heavy atom. The number of benzene rings is 1. The number of nitrogen functional groups attached to an aromatic ring is 1. The molecule has 118 valence electrons. The number of anilines is 1. The zero-order valence-corrected chi connectivity index (χ0v) is 13.3. The van der Waals surface area contributed by atoms with Crippen molar-refractivity contribution in [3.05, 3.63) is 30.0 Å². The smallest absolute Gasteiger partial charge is 0.131 e. The van der Waals surface area contributed by atoms with E-state index in [1.165, 1.54) is 0 Å². The third-order valence-electron chi connectivity index (χ3n) is 4.44. The van der Waals surface area contributed by atoms with Crippen LogP contribution in [0.2, 0.25) is 0 Å². The largest absolute Gasteiger partial charge is 0.490 e. The summed E-state index contributed by atoms with van der Waals surface area (Å²) in [4.78, 5) is 4.55.